The van der Waals surface area contributed by atoms with Crippen LogP contribution in [-0.2, 0) is 0 Å². The van der Waals surface area contributed by atoms with E-state index in [2.05, 4.69) is 11.2 Å². The molecule has 0 fully saturated rings. The molecular weight excluding hydrogens is 122 g/mol. The van der Waals surface area contributed by atoms with Crippen molar-refractivity contribution in [3.8, 4) is 0 Å². The molecule has 0 saturated carbocycles. The van der Waals surface area contributed by atoms with Crippen molar-refractivity contribution >= 4 is 0 Å². The largest absolute Gasteiger partial charge is 0.395 e. The normalized spacial score (nSPS) is 8.00. The Labute approximate surface area is 54.6 Å². The summed E-state index contributed by atoms with van der Waals surface area (Å²) in [5.74, 6) is 3.50. The lowest BCUT2D eigenvalue weighted by Crippen LogP contribution is -2.24. The highest BCUT2D eigenvalue weighted by Gasteiger charge is 1.77. The van der Waals surface area contributed by atoms with Crippen molar-refractivity contribution in [2.75, 3.05) is 26.2 Å². The summed E-state index contributed by atoms with van der Waals surface area (Å²) in [6.45, 7) is 2.28. The molecule has 0 unspecified atom stereocenters. The number of hydrogen-bond donors (Lipinski definition) is 5. The van der Waals surface area contributed by atoms with Gasteiger partial charge in [0.05, 0.1) is 6.61 Å². The maximum atomic E-state index is 8.19. The lowest BCUT2D eigenvalue weighted by atomic mass is 10.6. The molecule has 0 amide bonds. The van der Waals surface area contributed by atoms with Crippen LogP contribution in [0.5, 0.6) is 0 Å². The van der Waals surface area contributed by atoms with E-state index in [4.69, 9.17) is 16.0 Å². The van der Waals surface area contributed by atoms with E-state index in [0.29, 0.717) is 13.1 Å². The summed E-state index contributed by atoms with van der Waals surface area (Å²) in [6, 6.07) is 0. The van der Waals surface area contributed by atoms with E-state index in [1.165, 1.54) is 0 Å². The quantitative estimate of drug-likeness (QED) is 0.225. The van der Waals surface area contributed by atoms with Crippen LogP contribution in [0.1, 0.15) is 0 Å². The van der Waals surface area contributed by atoms with Gasteiger partial charge in [-0.1, -0.05) is 0 Å². The third-order valence-electron chi connectivity index (χ3n) is 0.610. The molecule has 0 atom stereocenters. The molecular formula is C4H15N3O2. The van der Waals surface area contributed by atoms with Crippen molar-refractivity contribution in [2.24, 2.45) is 11.6 Å². The summed E-state index contributed by atoms with van der Waals surface area (Å²) >= 11 is 0. The highest BCUT2D eigenvalue weighted by atomic mass is 16.4. The molecule has 5 heteroatoms. The average molecular weight is 137 g/mol. The standard InChI is InChI=1S/C4H12N2O.H3NO/c5-1-2-6-3-4-7;1-2/h6-7H,1-5H2;2H,1H2. The fourth-order valence-electron chi connectivity index (χ4n) is 0.306. The van der Waals surface area contributed by atoms with Crippen LogP contribution in [0.2, 0.25) is 0 Å². The van der Waals surface area contributed by atoms with E-state index < -0.39 is 0 Å². The van der Waals surface area contributed by atoms with Gasteiger partial charge in [0, 0.05) is 19.6 Å². The molecule has 0 aromatic carbocycles. The third kappa shape index (κ3) is 18.2. The Morgan fingerprint density at radius 3 is 2.11 bits per heavy atom. The molecule has 0 aliphatic heterocycles. The number of nitrogens with two attached hydrogens (primary N) is 2. The summed E-state index contributed by atoms with van der Waals surface area (Å²) in [7, 11) is 0. The summed E-state index contributed by atoms with van der Waals surface area (Å²) in [6.07, 6.45) is 0. The van der Waals surface area contributed by atoms with E-state index in [-0.39, 0.29) is 6.61 Å². The molecule has 7 N–H and O–H groups in total. The molecule has 0 aliphatic rings. The van der Waals surface area contributed by atoms with Gasteiger partial charge in [-0.05, 0) is 0 Å². The first kappa shape index (κ1) is 11.6. The highest BCUT2D eigenvalue weighted by Crippen LogP contribution is 1.51. The smallest absolute Gasteiger partial charge is 0.0555 e. The number of aliphatic hydroxyl groups is 1. The Hall–Kier alpha value is -0.200. The van der Waals surface area contributed by atoms with Crippen LogP contribution in [0.3, 0.4) is 0 Å². The van der Waals surface area contributed by atoms with Gasteiger partial charge in [0.15, 0.2) is 0 Å². The summed E-state index contributed by atoms with van der Waals surface area (Å²) < 4.78 is 0. The van der Waals surface area contributed by atoms with Gasteiger partial charge in [-0.25, -0.2) is 5.90 Å². The van der Waals surface area contributed by atoms with Crippen LogP contribution < -0.4 is 16.9 Å². The monoisotopic (exact) mass is 137 g/mol. The van der Waals surface area contributed by atoms with Gasteiger partial charge < -0.3 is 21.4 Å². The molecule has 58 valence electrons. The topological polar surface area (TPSA) is 105 Å². The Kier molecular flexibility index (Phi) is 20.1. The zero-order valence-electron chi connectivity index (χ0n) is 5.38. The number of nitrogens with one attached hydrogen (secondary N) is 1. The van der Waals surface area contributed by atoms with Gasteiger partial charge in [-0.3, -0.25) is 0 Å². The minimum absolute atomic E-state index is 0.194. The number of rotatable bonds is 4. The first-order valence-electron chi connectivity index (χ1n) is 2.69. The van der Waals surface area contributed by atoms with Crippen LogP contribution in [0, 0.1) is 0 Å². The second-order valence-electron chi connectivity index (χ2n) is 1.26. The molecule has 0 radical (unpaired) electrons. The van der Waals surface area contributed by atoms with Crippen molar-refractivity contribution in [1.29, 1.82) is 0 Å². The van der Waals surface area contributed by atoms with Crippen LogP contribution in [0.15, 0.2) is 0 Å². The summed E-state index contributed by atoms with van der Waals surface area (Å²) in [5.41, 5.74) is 5.13. The molecule has 0 bridgehead atoms. The Morgan fingerprint density at radius 1 is 1.22 bits per heavy atom. The molecule has 9 heavy (non-hydrogen) atoms. The zero-order valence-corrected chi connectivity index (χ0v) is 5.38. The molecule has 0 aliphatic carbocycles. The zero-order chi connectivity index (χ0) is 7.54. The van der Waals surface area contributed by atoms with E-state index >= 15 is 0 Å². The van der Waals surface area contributed by atoms with Crippen molar-refractivity contribution < 1.29 is 10.3 Å². The van der Waals surface area contributed by atoms with Crippen LogP contribution in [0.25, 0.3) is 0 Å². The van der Waals surface area contributed by atoms with Crippen molar-refractivity contribution in [3.05, 3.63) is 0 Å². The van der Waals surface area contributed by atoms with Crippen molar-refractivity contribution in [1.82, 2.24) is 5.32 Å². The SMILES string of the molecule is NCCNCCO.NO. The number of aliphatic hydroxyl groups excluding tert-OH is 1. The Morgan fingerprint density at radius 2 is 1.78 bits per heavy atom. The van der Waals surface area contributed by atoms with E-state index in [1.54, 1.807) is 0 Å². The Bertz CT molecular complexity index is 33.0. The molecule has 0 saturated heterocycles. The molecule has 0 rings (SSSR count). The molecule has 0 heterocycles. The van der Waals surface area contributed by atoms with Gasteiger partial charge in [0.25, 0.3) is 0 Å². The number of hydrogen-bond acceptors (Lipinski definition) is 5. The third-order valence-corrected chi connectivity index (χ3v) is 0.610. The maximum absolute atomic E-state index is 8.19. The molecule has 0 aromatic heterocycles. The van der Waals surface area contributed by atoms with Crippen LogP contribution >= 0.6 is 0 Å². The lowest BCUT2D eigenvalue weighted by Gasteiger charge is -1.95. The van der Waals surface area contributed by atoms with Gasteiger partial charge in [-0.2, -0.15) is 0 Å². The second-order valence-corrected chi connectivity index (χ2v) is 1.26. The van der Waals surface area contributed by atoms with Crippen LogP contribution in [0.4, 0.5) is 0 Å². The minimum Gasteiger partial charge on any atom is -0.395 e. The molecule has 0 spiro atoms. The van der Waals surface area contributed by atoms with E-state index in [9.17, 15) is 0 Å². The second kappa shape index (κ2) is 15.7. The lowest BCUT2D eigenvalue weighted by molar-refractivity contribution is 0.293. The summed E-state index contributed by atoms with van der Waals surface area (Å²) in [4.78, 5) is 0. The summed E-state index contributed by atoms with van der Waals surface area (Å²) in [5, 5.41) is 17.6. The van der Waals surface area contributed by atoms with E-state index in [0.717, 1.165) is 6.54 Å². The molecule has 0 aromatic rings. The Balaban J connectivity index is 0. The molecule has 5 nitrogen and oxygen atoms in total. The van der Waals surface area contributed by atoms with Crippen LogP contribution in [-0.4, -0.2) is 36.6 Å². The van der Waals surface area contributed by atoms with Crippen molar-refractivity contribution in [3.63, 3.8) is 0 Å². The minimum atomic E-state index is 0.194. The predicted octanol–water partition coefficient (Wildman–Crippen LogP) is -2.14. The van der Waals surface area contributed by atoms with Gasteiger partial charge in [0.1, 0.15) is 0 Å². The van der Waals surface area contributed by atoms with Gasteiger partial charge in [-0.15, -0.1) is 0 Å². The van der Waals surface area contributed by atoms with E-state index in [1.807, 2.05) is 0 Å². The average Bonchev–Trinajstić information content (AvgIpc) is 1.94. The maximum Gasteiger partial charge on any atom is 0.0555 e. The van der Waals surface area contributed by atoms with Crippen molar-refractivity contribution in [2.45, 2.75) is 0 Å². The first-order valence-corrected chi connectivity index (χ1v) is 2.69. The first-order chi connectivity index (χ1) is 4.41. The van der Waals surface area contributed by atoms with Gasteiger partial charge >= 0.3 is 0 Å². The predicted molar refractivity (Wildman–Crippen MR) is 35.0 cm³/mol. The fourth-order valence-corrected chi connectivity index (χ4v) is 0.306. The van der Waals surface area contributed by atoms with Gasteiger partial charge in [0.2, 0.25) is 0 Å². The fraction of sp³-hybridized carbons (Fsp3) is 1.00. The highest BCUT2D eigenvalue weighted by molar-refractivity contribution is 4.42.